The van der Waals surface area contributed by atoms with Crippen LogP contribution < -0.4 is 4.72 Å². The number of carbonyl (C=O) groups is 1. The number of hydrogen-bond acceptors (Lipinski definition) is 6. The molecule has 8 nitrogen and oxygen atoms in total. The predicted octanol–water partition coefficient (Wildman–Crippen LogP) is 0.437. The molecule has 1 amide bonds. The number of carbonyl (C=O) groups excluding carboxylic acids is 1. The Morgan fingerprint density at radius 2 is 2.09 bits per heavy atom. The number of β-amino-alcohol motifs (C(OH)–C–C–N with tert-alkyl or cyclic N) is 1. The number of likely N-dealkylation sites (tertiary alicyclic amines) is 1. The van der Waals surface area contributed by atoms with E-state index >= 15 is 0 Å². The van der Waals surface area contributed by atoms with Gasteiger partial charge in [0, 0.05) is 25.4 Å². The van der Waals surface area contributed by atoms with Crippen LogP contribution in [0.4, 0.5) is 4.79 Å². The van der Waals surface area contributed by atoms with Gasteiger partial charge in [0.25, 0.3) is 0 Å². The normalized spacial score (nSPS) is 22.0. The highest BCUT2D eigenvalue weighted by Crippen LogP contribution is 2.19. The van der Waals surface area contributed by atoms with Crippen molar-refractivity contribution in [3.8, 4) is 6.07 Å². The summed E-state index contributed by atoms with van der Waals surface area (Å²) < 4.78 is 31.2. The second kappa shape index (κ2) is 7.95. The van der Waals surface area contributed by atoms with E-state index in [1.54, 1.807) is 20.8 Å². The Bertz CT molecular complexity index is 550. The third-order valence-corrected chi connectivity index (χ3v) is 4.76. The lowest BCUT2D eigenvalue weighted by Crippen LogP contribution is -2.37. The van der Waals surface area contributed by atoms with Crippen LogP contribution in [0.3, 0.4) is 0 Å². The summed E-state index contributed by atoms with van der Waals surface area (Å²) in [5, 5.41) is 18.4. The molecule has 9 heteroatoms. The molecule has 0 aliphatic carbocycles. The van der Waals surface area contributed by atoms with Crippen molar-refractivity contribution in [1.29, 1.82) is 5.26 Å². The van der Waals surface area contributed by atoms with Gasteiger partial charge in [-0.1, -0.05) is 0 Å². The van der Waals surface area contributed by atoms with Crippen LogP contribution in [0.2, 0.25) is 0 Å². The van der Waals surface area contributed by atoms with E-state index in [-0.39, 0.29) is 44.1 Å². The van der Waals surface area contributed by atoms with Crippen molar-refractivity contribution in [3.63, 3.8) is 0 Å². The summed E-state index contributed by atoms with van der Waals surface area (Å²) in [5.74, 6) is -0.507. The molecule has 1 aliphatic heterocycles. The van der Waals surface area contributed by atoms with Gasteiger partial charge < -0.3 is 14.7 Å². The van der Waals surface area contributed by atoms with Crippen LogP contribution in [0.1, 0.15) is 33.6 Å². The fraction of sp³-hybridized carbons (Fsp3) is 0.857. The van der Waals surface area contributed by atoms with E-state index in [9.17, 15) is 18.3 Å². The topological polar surface area (TPSA) is 120 Å². The predicted molar refractivity (Wildman–Crippen MR) is 83.9 cm³/mol. The summed E-state index contributed by atoms with van der Waals surface area (Å²) >= 11 is 0. The van der Waals surface area contributed by atoms with Crippen LogP contribution in [0.15, 0.2) is 0 Å². The number of rotatable bonds is 6. The van der Waals surface area contributed by atoms with E-state index in [0.717, 1.165) is 0 Å². The van der Waals surface area contributed by atoms with Crippen LogP contribution in [-0.4, -0.2) is 61.6 Å². The van der Waals surface area contributed by atoms with Crippen LogP contribution in [-0.2, 0) is 14.8 Å². The van der Waals surface area contributed by atoms with E-state index in [4.69, 9.17) is 10.00 Å². The van der Waals surface area contributed by atoms with Gasteiger partial charge in [-0.25, -0.2) is 17.9 Å². The molecule has 0 aromatic carbocycles. The first-order valence-corrected chi connectivity index (χ1v) is 9.19. The zero-order valence-corrected chi connectivity index (χ0v) is 14.6. The van der Waals surface area contributed by atoms with Crippen molar-refractivity contribution in [1.82, 2.24) is 9.62 Å². The molecule has 0 aromatic heterocycles. The number of sulfonamides is 1. The van der Waals surface area contributed by atoms with Gasteiger partial charge in [0.2, 0.25) is 10.0 Å². The molecule has 1 aliphatic rings. The lowest BCUT2D eigenvalue weighted by molar-refractivity contribution is 0.0270. The molecule has 0 unspecified atom stereocenters. The molecule has 1 heterocycles. The maximum Gasteiger partial charge on any atom is 0.410 e. The Morgan fingerprint density at radius 3 is 2.65 bits per heavy atom. The zero-order chi connectivity index (χ0) is 17.7. The quantitative estimate of drug-likeness (QED) is 0.673. The smallest absolute Gasteiger partial charge is 0.410 e. The van der Waals surface area contributed by atoms with Crippen molar-refractivity contribution >= 4 is 16.1 Å². The first kappa shape index (κ1) is 19.7. The molecule has 23 heavy (non-hydrogen) atoms. The van der Waals surface area contributed by atoms with Crippen molar-refractivity contribution in [2.45, 2.75) is 45.3 Å². The molecule has 1 rings (SSSR count). The minimum Gasteiger partial charge on any atom is -0.444 e. The van der Waals surface area contributed by atoms with Gasteiger partial charge in [-0.3, -0.25) is 0 Å². The van der Waals surface area contributed by atoms with Crippen molar-refractivity contribution in [2.75, 3.05) is 25.4 Å². The van der Waals surface area contributed by atoms with Gasteiger partial charge in [0.15, 0.2) is 0 Å². The first-order chi connectivity index (χ1) is 10.5. The summed E-state index contributed by atoms with van der Waals surface area (Å²) in [4.78, 5) is 13.3. The summed E-state index contributed by atoms with van der Waals surface area (Å²) in [6.07, 6.45) is -0.872. The zero-order valence-electron chi connectivity index (χ0n) is 13.8. The van der Waals surface area contributed by atoms with E-state index in [1.165, 1.54) is 4.90 Å². The maximum absolute atomic E-state index is 12.0. The number of unbranched alkanes of at least 4 members (excludes halogenated alkanes) is 1. The minimum absolute atomic E-state index is 0.0509. The summed E-state index contributed by atoms with van der Waals surface area (Å²) in [6, 6.07) is 1.89. The van der Waals surface area contributed by atoms with E-state index in [2.05, 4.69) is 4.72 Å². The Labute approximate surface area is 137 Å². The Hall–Kier alpha value is -1.37. The maximum atomic E-state index is 12.0. The number of aliphatic hydroxyl groups is 1. The third kappa shape index (κ3) is 7.16. The molecule has 2 atom stereocenters. The number of nitrogens with zero attached hydrogens (tertiary/aromatic N) is 2. The fourth-order valence-corrected chi connectivity index (χ4v) is 3.31. The highest BCUT2D eigenvalue weighted by Gasteiger charge is 2.36. The van der Waals surface area contributed by atoms with Crippen LogP contribution in [0.25, 0.3) is 0 Å². The number of hydrogen-bond donors (Lipinski definition) is 2. The van der Waals surface area contributed by atoms with E-state index in [1.807, 2.05) is 6.07 Å². The first-order valence-electron chi connectivity index (χ1n) is 7.54. The monoisotopic (exact) mass is 347 g/mol. The molecular weight excluding hydrogens is 322 g/mol. The molecule has 0 saturated carbocycles. The minimum atomic E-state index is -3.48. The molecule has 132 valence electrons. The highest BCUT2D eigenvalue weighted by molar-refractivity contribution is 7.89. The number of amides is 1. The van der Waals surface area contributed by atoms with E-state index in [0.29, 0.717) is 0 Å². The molecule has 0 radical (unpaired) electrons. The largest absolute Gasteiger partial charge is 0.444 e. The standard InChI is InChI=1S/C14H25N3O5S/c1-14(2,3)22-13(19)17-9-11(12(18)10-17)8-16-23(20,21)7-5-4-6-15/h11-12,16,18H,4-5,7-10H2,1-3H3/t11-,12-/m1/s1. The van der Waals surface area contributed by atoms with Crippen LogP contribution >= 0.6 is 0 Å². The van der Waals surface area contributed by atoms with Gasteiger partial charge in [0.1, 0.15) is 5.60 Å². The number of nitriles is 1. The molecule has 2 N–H and O–H groups in total. The molecule has 0 aromatic rings. The van der Waals surface area contributed by atoms with Gasteiger partial charge >= 0.3 is 6.09 Å². The number of nitrogens with one attached hydrogen (secondary N) is 1. The summed E-state index contributed by atoms with van der Waals surface area (Å²) in [6.45, 7) is 5.67. The fourth-order valence-electron chi connectivity index (χ4n) is 2.18. The average Bonchev–Trinajstić information content (AvgIpc) is 2.76. The Morgan fingerprint density at radius 1 is 1.43 bits per heavy atom. The molecular formula is C14H25N3O5S. The lowest BCUT2D eigenvalue weighted by Gasteiger charge is -2.24. The van der Waals surface area contributed by atoms with Crippen molar-refractivity contribution in [2.24, 2.45) is 5.92 Å². The van der Waals surface area contributed by atoms with Crippen LogP contribution in [0, 0.1) is 17.2 Å². The molecule has 0 spiro atoms. The summed E-state index contributed by atoms with van der Waals surface area (Å²) in [7, 11) is -3.48. The summed E-state index contributed by atoms with van der Waals surface area (Å²) in [5.41, 5.74) is -0.623. The van der Waals surface area contributed by atoms with Crippen LogP contribution in [0.5, 0.6) is 0 Å². The van der Waals surface area contributed by atoms with Crippen molar-refractivity contribution in [3.05, 3.63) is 0 Å². The van der Waals surface area contributed by atoms with Gasteiger partial charge in [-0.2, -0.15) is 5.26 Å². The van der Waals surface area contributed by atoms with Gasteiger partial charge in [-0.05, 0) is 27.2 Å². The van der Waals surface area contributed by atoms with E-state index < -0.39 is 27.8 Å². The Kier molecular flexibility index (Phi) is 6.80. The Balaban J connectivity index is 2.47. The molecule has 1 fully saturated rings. The van der Waals surface area contributed by atoms with Gasteiger partial charge in [0.05, 0.1) is 24.5 Å². The average molecular weight is 347 g/mol. The second-order valence-electron chi connectivity index (χ2n) is 6.64. The van der Waals surface area contributed by atoms with Gasteiger partial charge in [-0.15, -0.1) is 0 Å². The molecule has 0 bridgehead atoms. The number of aliphatic hydroxyl groups excluding tert-OH is 1. The van der Waals surface area contributed by atoms with Crippen molar-refractivity contribution < 1.29 is 23.1 Å². The number of ether oxygens (including phenoxy) is 1. The second-order valence-corrected chi connectivity index (χ2v) is 8.57. The lowest BCUT2D eigenvalue weighted by atomic mass is 10.1. The SMILES string of the molecule is CC(C)(C)OC(=O)N1C[C@@H](CNS(=O)(=O)CCCC#N)[C@H](O)C1. The highest BCUT2D eigenvalue weighted by atomic mass is 32.2. The third-order valence-electron chi connectivity index (χ3n) is 3.33. The molecule has 1 saturated heterocycles.